The second-order valence-electron chi connectivity index (χ2n) is 3.79. The molecule has 0 spiro atoms. The average Bonchev–Trinajstić information content (AvgIpc) is 2.30. The van der Waals surface area contributed by atoms with Crippen molar-refractivity contribution in [3.63, 3.8) is 0 Å². The topological polar surface area (TPSA) is 52.3 Å². The summed E-state index contributed by atoms with van der Waals surface area (Å²) in [6.45, 7) is 0.496. The zero-order valence-corrected chi connectivity index (χ0v) is 8.29. The highest BCUT2D eigenvalue weighted by Crippen LogP contribution is 2.22. The van der Waals surface area contributed by atoms with Crippen LogP contribution in [0.2, 0.25) is 0 Å². The minimum Gasteiger partial charge on any atom is -0.383 e. The molecule has 13 heavy (non-hydrogen) atoms. The number of hydrogen-bond acceptors (Lipinski definition) is 3. The van der Waals surface area contributed by atoms with Gasteiger partial charge in [-0.25, -0.2) is 0 Å². The summed E-state index contributed by atoms with van der Waals surface area (Å²) in [7, 11) is 1.63. The maximum Gasteiger partial charge on any atom is 0.137 e. The van der Waals surface area contributed by atoms with Gasteiger partial charge >= 0.3 is 0 Å². The summed E-state index contributed by atoms with van der Waals surface area (Å²) < 4.78 is 4.97. The molecule has 1 saturated carbocycles. The van der Waals surface area contributed by atoms with Gasteiger partial charge in [-0.2, -0.15) is 0 Å². The Morgan fingerprint density at radius 1 is 1.54 bits per heavy atom. The molecule has 1 aliphatic carbocycles. The van der Waals surface area contributed by atoms with E-state index in [9.17, 15) is 4.79 Å². The molecule has 76 valence electrons. The molecule has 0 heterocycles. The Morgan fingerprint density at radius 3 is 3.00 bits per heavy atom. The van der Waals surface area contributed by atoms with Crippen molar-refractivity contribution in [3.8, 4) is 0 Å². The van der Waals surface area contributed by atoms with Crippen LogP contribution in [0.1, 0.15) is 32.1 Å². The molecule has 0 saturated heterocycles. The van der Waals surface area contributed by atoms with E-state index in [1.165, 1.54) is 6.42 Å². The molecule has 0 aromatic heterocycles. The molecule has 0 radical (unpaired) electrons. The van der Waals surface area contributed by atoms with Crippen molar-refractivity contribution in [2.45, 2.75) is 38.1 Å². The first kappa shape index (κ1) is 10.7. The number of nitrogens with two attached hydrogens (primary N) is 1. The first-order chi connectivity index (χ1) is 6.25. The van der Waals surface area contributed by atoms with Gasteiger partial charge in [0.1, 0.15) is 5.78 Å². The fourth-order valence-corrected chi connectivity index (χ4v) is 1.95. The molecular weight excluding hydrogens is 166 g/mol. The number of ketones is 1. The molecule has 0 aromatic rings. The van der Waals surface area contributed by atoms with Crippen molar-refractivity contribution in [1.29, 1.82) is 0 Å². The van der Waals surface area contributed by atoms with E-state index in [2.05, 4.69) is 0 Å². The minimum absolute atomic E-state index is 0.0439. The van der Waals surface area contributed by atoms with Crippen LogP contribution in [-0.2, 0) is 9.53 Å². The van der Waals surface area contributed by atoms with Gasteiger partial charge in [-0.3, -0.25) is 4.79 Å². The van der Waals surface area contributed by atoms with Crippen LogP contribution in [0.25, 0.3) is 0 Å². The van der Waals surface area contributed by atoms with E-state index >= 15 is 0 Å². The van der Waals surface area contributed by atoms with Crippen LogP contribution in [-0.4, -0.2) is 25.5 Å². The Hall–Kier alpha value is -0.410. The summed E-state index contributed by atoms with van der Waals surface area (Å²) >= 11 is 0. The Morgan fingerprint density at radius 2 is 2.31 bits per heavy atom. The number of ether oxygens (including phenoxy) is 1. The van der Waals surface area contributed by atoms with Crippen LogP contribution in [0.3, 0.4) is 0 Å². The first-order valence-electron chi connectivity index (χ1n) is 5.03. The monoisotopic (exact) mass is 185 g/mol. The molecule has 3 heteroatoms. The third-order valence-electron chi connectivity index (χ3n) is 2.73. The fourth-order valence-electron chi connectivity index (χ4n) is 1.95. The molecule has 1 fully saturated rings. The molecule has 2 atom stereocenters. The SMILES string of the molecule is COCC(N)C1CCCCCC1=O. The Bertz CT molecular complexity index is 170. The predicted octanol–water partition coefficient (Wildman–Crippen LogP) is 1.11. The molecular formula is C10H19NO2. The fraction of sp³-hybridized carbons (Fsp3) is 0.900. The Balaban J connectivity index is 2.48. The summed E-state index contributed by atoms with van der Waals surface area (Å²) in [5.74, 6) is 0.379. The van der Waals surface area contributed by atoms with E-state index in [1.54, 1.807) is 7.11 Å². The number of carbonyl (C=O) groups excluding carboxylic acids is 1. The molecule has 3 nitrogen and oxygen atoms in total. The van der Waals surface area contributed by atoms with Gasteiger partial charge in [0.25, 0.3) is 0 Å². The third-order valence-corrected chi connectivity index (χ3v) is 2.73. The molecule has 0 bridgehead atoms. The Labute approximate surface area is 79.6 Å². The summed E-state index contributed by atoms with van der Waals surface area (Å²) in [4.78, 5) is 11.6. The predicted molar refractivity (Wildman–Crippen MR) is 51.4 cm³/mol. The van der Waals surface area contributed by atoms with Crippen LogP contribution in [0.4, 0.5) is 0 Å². The summed E-state index contributed by atoms with van der Waals surface area (Å²) in [6, 6.07) is -0.101. The van der Waals surface area contributed by atoms with Crippen molar-refractivity contribution < 1.29 is 9.53 Å². The van der Waals surface area contributed by atoms with Crippen LogP contribution in [0.5, 0.6) is 0 Å². The van der Waals surface area contributed by atoms with E-state index in [0.717, 1.165) is 19.3 Å². The zero-order chi connectivity index (χ0) is 9.68. The Kier molecular flexibility index (Phi) is 4.39. The normalized spacial score (nSPS) is 26.9. The van der Waals surface area contributed by atoms with Crippen molar-refractivity contribution in [1.82, 2.24) is 0 Å². The van der Waals surface area contributed by atoms with Crippen molar-refractivity contribution in [2.24, 2.45) is 11.7 Å². The van der Waals surface area contributed by atoms with Gasteiger partial charge in [-0.05, 0) is 12.8 Å². The lowest BCUT2D eigenvalue weighted by molar-refractivity contribution is -0.123. The number of carbonyl (C=O) groups is 1. The van der Waals surface area contributed by atoms with Crippen LogP contribution in [0, 0.1) is 5.92 Å². The maximum atomic E-state index is 11.6. The first-order valence-corrected chi connectivity index (χ1v) is 5.03. The van der Waals surface area contributed by atoms with Crippen LogP contribution >= 0.6 is 0 Å². The van der Waals surface area contributed by atoms with Gasteiger partial charge in [-0.1, -0.05) is 12.8 Å². The summed E-state index contributed by atoms with van der Waals surface area (Å²) in [5, 5.41) is 0. The smallest absolute Gasteiger partial charge is 0.137 e. The van der Waals surface area contributed by atoms with Crippen LogP contribution < -0.4 is 5.73 Å². The maximum absolute atomic E-state index is 11.6. The van der Waals surface area contributed by atoms with Gasteiger partial charge < -0.3 is 10.5 Å². The average molecular weight is 185 g/mol. The van der Waals surface area contributed by atoms with Crippen molar-refractivity contribution in [3.05, 3.63) is 0 Å². The standard InChI is InChI=1S/C10H19NO2/c1-13-7-9(11)8-5-3-2-4-6-10(8)12/h8-9H,2-7,11H2,1H3. The van der Waals surface area contributed by atoms with Gasteiger partial charge in [0.05, 0.1) is 6.61 Å². The molecule has 2 N–H and O–H groups in total. The zero-order valence-electron chi connectivity index (χ0n) is 8.29. The quantitative estimate of drug-likeness (QED) is 0.670. The van der Waals surface area contributed by atoms with Gasteiger partial charge in [0.15, 0.2) is 0 Å². The highest BCUT2D eigenvalue weighted by Gasteiger charge is 2.26. The summed E-state index contributed by atoms with van der Waals surface area (Å²) in [6.07, 6.45) is 5.00. The van der Waals surface area contributed by atoms with Gasteiger partial charge in [-0.15, -0.1) is 0 Å². The number of hydrogen-bond donors (Lipinski definition) is 1. The number of methoxy groups -OCH3 is 1. The molecule has 0 aromatic carbocycles. The molecule has 0 aliphatic heterocycles. The largest absolute Gasteiger partial charge is 0.383 e. The van der Waals surface area contributed by atoms with E-state index in [4.69, 9.17) is 10.5 Å². The van der Waals surface area contributed by atoms with Crippen molar-refractivity contribution >= 4 is 5.78 Å². The number of Topliss-reactive ketones (excluding diaryl/α,β-unsaturated/α-hetero) is 1. The summed E-state index contributed by atoms with van der Waals surface area (Å²) in [5.41, 5.74) is 5.87. The molecule has 1 aliphatic rings. The second kappa shape index (κ2) is 5.35. The third kappa shape index (κ3) is 3.08. The minimum atomic E-state index is -0.101. The lowest BCUT2D eigenvalue weighted by Gasteiger charge is -2.19. The highest BCUT2D eigenvalue weighted by molar-refractivity contribution is 5.81. The number of rotatable bonds is 3. The highest BCUT2D eigenvalue weighted by atomic mass is 16.5. The van der Waals surface area contributed by atoms with Gasteiger partial charge in [0, 0.05) is 25.5 Å². The lowest BCUT2D eigenvalue weighted by Crippen LogP contribution is -2.38. The van der Waals surface area contributed by atoms with E-state index in [1.807, 2.05) is 0 Å². The second-order valence-corrected chi connectivity index (χ2v) is 3.79. The van der Waals surface area contributed by atoms with E-state index in [-0.39, 0.29) is 12.0 Å². The van der Waals surface area contributed by atoms with Crippen molar-refractivity contribution in [2.75, 3.05) is 13.7 Å². The van der Waals surface area contributed by atoms with E-state index in [0.29, 0.717) is 18.8 Å². The van der Waals surface area contributed by atoms with Gasteiger partial charge in [0.2, 0.25) is 0 Å². The van der Waals surface area contributed by atoms with Crippen LogP contribution in [0.15, 0.2) is 0 Å². The molecule has 2 unspecified atom stereocenters. The molecule has 0 amide bonds. The lowest BCUT2D eigenvalue weighted by atomic mass is 9.92. The van der Waals surface area contributed by atoms with E-state index < -0.39 is 0 Å². The molecule has 1 rings (SSSR count).